The molecule has 0 bridgehead atoms. The molecule has 0 radical (unpaired) electrons. The van der Waals surface area contributed by atoms with Gasteiger partial charge in [0.25, 0.3) is 5.91 Å². The molecule has 2 aromatic heterocycles. The van der Waals surface area contributed by atoms with Crippen molar-refractivity contribution in [2.24, 2.45) is 0 Å². The van der Waals surface area contributed by atoms with E-state index < -0.39 is 0 Å². The molecule has 0 aliphatic carbocycles. The lowest BCUT2D eigenvalue weighted by molar-refractivity contribution is 0.0976. The Hall–Kier alpha value is -3.06. The highest BCUT2D eigenvalue weighted by atomic mass is 32.1. The first kappa shape index (κ1) is 16.4. The van der Waals surface area contributed by atoms with E-state index >= 15 is 0 Å². The van der Waals surface area contributed by atoms with Gasteiger partial charge in [0.2, 0.25) is 0 Å². The summed E-state index contributed by atoms with van der Waals surface area (Å²) in [6.07, 6.45) is 0. The van der Waals surface area contributed by atoms with Gasteiger partial charge in [0.05, 0.1) is 16.8 Å². The quantitative estimate of drug-likeness (QED) is 0.530. The van der Waals surface area contributed by atoms with Crippen molar-refractivity contribution >= 4 is 32.6 Å². The van der Waals surface area contributed by atoms with E-state index in [1.54, 1.807) is 19.1 Å². The minimum atomic E-state index is -0.333. The van der Waals surface area contributed by atoms with Crippen molar-refractivity contribution < 1.29 is 13.7 Å². The third-order valence-corrected chi connectivity index (χ3v) is 4.89. The molecular formula is C19H14FN3O2S. The Kier molecular flexibility index (Phi) is 4.22. The average molecular weight is 367 g/mol. The molecule has 0 unspecified atom stereocenters. The smallest absolute Gasteiger partial charge is 0.282 e. The molecular weight excluding hydrogens is 353 g/mol. The van der Waals surface area contributed by atoms with Crippen molar-refractivity contribution in [3.8, 4) is 0 Å². The Morgan fingerprint density at radius 1 is 1.19 bits per heavy atom. The summed E-state index contributed by atoms with van der Waals surface area (Å²) in [5.41, 5.74) is 1.81. The van der Waals surface area contributed by atoms with Crippen molar-refractivity contribution in [1.82, 2.24) is 10.1 Å². The number of hydrogen-bond donors (Lipinski definition) is 0. The molecule has 0 saturated heterocycles. The Balaban J connectivity index is 1.76. The second-order valence-electron chi connectivity index (χ2n) is 5.81. The summed E-state index contributed by atoms with van der Waals surface area (Å²) in [5, 5.41) is 4.31. The number of halogens is 1. The predicted octanol–water partition coefficient (Wildman–Crippen LogP) is 4.58. The number of carbonyl (C=O) groups excluding carboxylic acids is 1. The van der Waals surface area contributed by atoms with Crippen molar-refractivity contribution in [3.05, 3.63) is 77.4 Å². The fourth-order valence-corrected chi connectivity index (χ4v) is 3.59. The van der Waals surface area contributed by atoms with Crippen LogP contribution in [-0.2, 0) is 6.54 Å². The molecule has 1 amide bonds. The lowest BCUT2D eigenvalue weighted by Crippen LogP contribution is -2.30. The molecule has 0 saturated carbocycles. The summed E-state index contributed by atoms with van der Waals surface area (Å²) in [4.78, 5) is 19.0. The Morgan fingerprint density at radius 2 is 2.00 bits per heavy atom. The summed E-state index contributed by atoms with van der Waals surface area (Å²) in [5.74, 6) is -0.0922. The average Bonchev–Trinajstić information content (AvgIpc) is 3.25. The van der Waals surface area contributed by atoms with Crippen molar-refractivity contribution in [2.45, 2.75) is 13.5 Å². The molecule has 0 aliphatic rings. The van der Waals surface area contributed by atoms with Crippen LogP contribution in [0.3, 0.4) is 0 Å². The molecule has 2 aromatic carbocycles. The van der Waals surface area contributed by atoms with Gasteiger partial charge in [0.1, 0.15) is 11.6 Å². The molecule has 4 rings (SSSR count). The zero-order valence-electron chi connectivity index (χ0n) is 13.8. The Morgan fingerprint density at radius 3 is 2.73 bits per heavy atom. The minimum absolute atomic E-state index is 0.212. The summed E-state index contributed by atoms with van der Waals surface area (Å²) in [6.45, 7) is 2.06. The highest BCUT2D eigenvalue weighted by Crippen LogP contribution is 2.31. The number of aromatic nitrogens is 2. The van der Waals surface area contributed by atoms with Crippen LogP contribution in [0.4, 0.5) is 9.52 Å². The fraction of sp³-hybridized carbons (Fsp3) is 0.105. The third kappa shape index (κ3) is 3.21. The lowest BCUT2D eigenvalue weighted by Gasteiger charge is -2.18. The number of fused-ring (bicyclic) bond motifs is 1. The minimum Gasteiger partial charge on any atom is -0.361 e. The van der Waals surface area contributed by atoms with Crippen molar-refractivity contribution in [1.29, 1.82) is 0 Å². The van der Waals surface area contributed by atoms with Crippen LogP contribution >= 0.6 is 11.3 Å². The number of aryl methyl sites for hydroxylation is 1. The van der Waals surface area contributed by atoms with Gasteiger partial charge in [0, 0.05) is 6.07 Å². The monoisotopic (exact) mass is 367 g/mol. The van der Waals surface area contributed by atoms with Gasteiger partial charge in [-0.25, -0.2) is 9.37 Å². The summed E-state index contributed by atoms with van der Waals surface area (Å²) >= 11 is 1.26. The fourth-order valence-electron chi connectivity index (χ4n) is 2.60. The van der Waals surface area contributed by atoms with Gasteiger partial charge >= 0.3 is 0 Å². The number of amides is 1. The van der Waals surface area contributed by atoms with Crippen LogP contribution in [0, 0.1) is 12.7 Å². The van der Waals surface area contributed by atoms with Crippen molar-refractivity contribution in [2.75, 3.05) is 4.90 Å². The summed E-state index contributed by atoms with van der Waals surface area (Å²) in [7, 11) is 0. The van der Waals surface area contributed by atoms with E-state index in [4.69, 9.17) is 4.52 Å². The first-order valence-electron chi connectivity index (χ1n) is 7.95. The van der Waals surface area contributed by atoms with Crippen molar-refractivity contribution in [3.63, 3.8) is 0 Å². The zero-order valence-corrected chi connectivity index (χ0v) is 14.7. The van der Waals surface area contributed by atoms with E-state index in [1.807, 2.05) is 30.3 Å². The number of nitrogens with zero attached hydrogens (tertiary/aromatic N) is 3. The number of benzene rings is 2. The number of thiazole rings is 1. The first-order valence-corrected chi connectivity index (χ1v) is 8.77. The molecule has 0 aliphatic heterocycles. The maximum Gasteiger partial charge on any atom is 0.282 e. The highest BCUT2D eigenvalue weighted by Gasteiger charge is 2.24. The van der Waals surface area contributed by atoms with Gasteiger partial charge in [-0.2, -0.15) is 0 Å². The normalized spacial score (nSPS) is 11.0. The maximum atomic E-state index is 13.5. The van der Waals surface area contributed by atoms with Gasteiger partial charge < -0.3 is 4.52 Å². The Labute approximate surface area is 152 Å². The van der Waals surface area contributed by atoms with Crippen LogP contribution in [0.2, 0.25) is 0 Å². The third-order valence-electron chi connectivity index (χ3n) is 3.85. The lowest BCUT2D eigenvalue weighted by atomic mass is 10.2. The highest BCUT2D eigenvalue weighted by molar-refractivity contribution is 7.22. The van der Waals surface area contributed by atoms with E-state index in [1.165, 1.54) is 28.4 Å². The van der Waals surface area contributed by atoms with Gasteiger partial charge in [-0.15, -0.1) is 0 Å². The van der Waals surface area contributed by atoms with E-state index in [0.717, 1.165) is 5.56 Å². The van der Waals surface area contributed by atoms with Crippen LogP contribution in [0.15, 0.2) is 59.1 Å². The van der Waals surface area contributed by atoms with Crippen LogP contribution in [0.1, 0.15) is 21.8 Å². The summed E-state index contributed by atoms with van der Waals surface area (Å²) in [6, 6.07) is 15.6. The predicted molar refractivity (Wildman–Crippen MR) is 97.8 cm³/mol. The number of rotatable bonds is 4. The second kappa shape index (κ2) is 6.68. The van der Waals surface area contributed by atoms with Gasteiger partial charge in [0.15, 0.2) is 10.8 Å². The molecule has 0 N–H and O–H groups in total. The Bertz CT molecular complexity index is 1070. The standard InChI is InChI=1S/C19H14FN3O2S/c1-12-9-16(22-25-12)18(24)23(11-13-5-3-2-4-6-13)19-21-15-8-7-14(20)10-17(15)26-19/h2-10H,11H2,1H3. The van der Waals surface area contributed by atoms with Gasteiger partial charge in [-0.3, -0.25) is 9.69 Å². The molecule has 4 aromatic rings. The molecule has 5 nitrogen and oxygen atoms in total. The van der Waals surface area contributed by atoms with Crippen LogP contribution in [-0.4, -0.2) is 16.0 Å². The first-order chi connectivity index (χ1) is 12.6. The van der Waals surface area contributed by atoms with Gasteiger partial charge in [-0.1, -0.05) is 46.8 Å². The number of anilines is 1. The molecule has 26 heavy (non-hydrogen) atoms. The summed E-state index contributed by atoms with van der Waals surface area (Å²) < 4.78 is 19.2. The van der Waals surface area contributed by atoms with E-state index in [0.29, 0.717) is 27.7 Å². The largest absolute Gasteiger partial charge is 0.361 e. The van der Waals surface area contributed by atoms with Crippen LogP contribution < -0.4 is 4.90 Å². The SMILES string of the molecule is Cc1cc(C(=O)N(Cc2ccccc2)c2nc3ccc(F)cc3s2)no1. The number of hydrogen-bond acceptors (Lipinski definition) is 5. The molecule has 0 spiro atoms. The molecule has 2 heterocycles. The molecule has 130 valence electrons. The number of carbonyl (C=O) groups is 1. The zero-order chi connectivity index (χ0) is 18.1. The molecule has 7 heteroatoms. The van der Waals surface area contributed by atoms with Crippen LogP contribution in [0.25, 0.3) is 10.2 Å². The topological polar surface area (TPSA) is 59.2 Å². The van der Waals surface area contributed by atoms with Crippen LogP contribution in [0.5, 0.6) is 0 Å². The van der Waals surface area contributed by atoms with E-state index in [2.05, 4.69) is 10.1 Å². The molecule has 0 atom stereocenters. The van der Waals surface area contributed by atoms with Gasteiger partial charge in [-0.05, 0) is 30.7 Å². The van der Waals surface area contributed by atoms with E-state index in [9.17, 15) is 9.18 Å². The van der Waals surface area contributed by atoms with E-state index in [-0.39, 0.29) is 17.4 Å². The second-order valence-corrected chi connectivity index (χ2v) is 6.82. The maximum absolute atomic E-state index is 13.5. The molecule has 0 fully saturated rings.